The summed E-state index contributed by atoms with van der Waals surface area (Å²) in [7, 11) is 0. The van der Waals surface area contributed by atoms with Gasteiger partial charge in [0.1, 0.15) is 0 Å². The minimum Gasteiger partial charge on any atom is -0.288 e. The van der Waals surface area contributed by atoms with Crippen LogP contribution in [0.4, 0.5) is 0 Å². The van der Waals surface area contributed by atoms with Gasteiger partial charge in [0.2, 0.25) is 0 Å². The molecule has 0 aromatic carbocycles. The molecule has 4 heteroatoms. The Morgan fingerprint density at radius 1 is 0.824 bits per heavy atom. The van der Waals surface area contributed by atoms with E-state index in [9.17, 15) is 0 Å². The van der Waals surface area contributed by atoms with Gasteiger partial charge in [-0.15, -0.1) is 10.2 Å². The van der Waals surface area contributed by atoms with Crippen LogP contribution in [0.2, 0.25) is 0 Å². The molecule has 2 aromatic heterocycles. The van der Waals surface area contributed by atoms with Crippen LogP contribution in [0.15, 0.2) is 12.4 Å². The highest BCUT2D eigenvalue weighted by molar-refractivity contribution is 5.32. The summed E-state index contributed by atoms with van der Waals surface area (Å²) < 4.78 is 1.97. The molecular formula is C13H20N4. The molecular weight excluding hydrogens is 212 g/mol. The summed E-state index contributed by atoms with van der Waals surface area (Å²) in [6, 6.07) is 0. The number of nitrogens with zero attached hydrogens (tertiary/aromatic N) is 4. The summed E-state index contributed by atoms with van der Waals surface area (Å²) in [6.07, 6.45) is 4.06. The molecule has 0 fully saturated rings. The van der Waals surface area contributed by atoms with Crippen LogP contribution in [0.3, 0.4) is 0 Å². The molecule has 0 N–H and O–H groups in total. The fourth-order valence-corrected chi connectivity index (χ4v) is 1.51. The Kier molecular flexibility index (Phi) is 2.49. The Labute approximate surface area is 102 Å². The molecule has 0 aliphatic rings. The first kappa shape index (κ1) is 12.0. The lowest BCUT2D eigenvalue weighted by molar-refractivity contribution is 0.553. The van der Waals surface area contributed by atoms with E-state index in [0.29, 0.717) is 5.78 Å². The third kappa shape index (κ3) is 2.30. The highest BCUT2D eigenvalue weighted by Gasteiger charge is 2.20. The van der Waals surface area contributed by atoms with Gasteiger partial charge in [-0.25, -0.2) is 4.98 Å². The summed E-state index contributed by atoms with van der Waals surface area (Å²) >= 11 is 0. The van der Waals surface area contributed by atoms with Gasteiger partial charge in [0.25, 0.3) is 5.78 Å². The number of fused-ring (bicyclic) bond motifs is 1. The number of hydrogen-bond acceptors (Lipinski definition) is 3. The SMILES string of the molecule is CC(C)(C)c1cn2cc(C(C)(C)C)nc2nn1. The minimum absolute atomic E-state index is 0.00730. The number of imidazole rings is 1. The Hall–Kier alpha value is -1.45. The lowest BCUT2D eigenvalue weighted by Crippen LogP contribution is -2.15. The first-order valence-corrected chi connectivity index (χ1v) is 5.91. The van der Waals surface area contributed by atoms with E-state index in [1.807, 2.05) is 16.8 Å². The second-order valence-corrected chi connectivity index (χ2v) is 6.55. The summed E-state index contributed by atoms with van der Waals surface area (Å²) in [5.74, 6) is 0.669. The molecule has 92 valence electrons. The Balaban J connectivity index is 2.56. The van der Waals surface area contributed by atoms with Crippen molar-refractivity contribution in [2.24, 2.45) is 0 Å². The first-order valence-electron chi connectivity index (χ1n) is 5.91. The highest BCUT2D eigenvalue weighted by atomic mass is 15.2. The van der Waals surface area contributed by atoms with Crippen molar-refractivity contribution < 1.29 is 0 Å². The summed E-state index contributed by atoms with van der Waals surface area (Å²) in [5.41, 5.74) is 2.06. The van der Waals surface area contributed by atoms with Crippen molar-refractivity contribution in [3.63, 3.8) is 0 Å². The van der Waals surface area contributed by atoms with Gasteiger partial charge < -0.3 is 0 Å². The molecule has 2 aromatic rings. The average molecular weight is 232 g/mol. The third-order valence-corrected chi connectivity index (χ3v) is 2.76. The zero-order chi connectivity index (χ0) is 12.8. The van der Waals surface area contributed by atoms with Crippen LogP contribution in [0.5, 0.6) is 0 Å². The van der Waals surface area contributed by atoms with Gasteiger partial charge in [-0.3, -0.25) is 4.40 Å². The van der Waals surface area contributed by atoms with Crippen LogP contribution in [-0.4, -0.2) is 19.6 Å². The van der Waals surface area contributed by atoms with Crippen LogP contribution < -0.4 is 0 Å². The van der Waals surface area contributed by atoms with E-state index in [1.165, 1.54) is 0 Å². The zero-order valence-electron chi connectivity index (χ0n) is 11.4. The molecule has 0 atom stereocenters. The molecule has 17 heavy (non-hydrogen) atoms. The van der Waals surface area contributed by atoms with E-state index in [2.05, 4.69) is 56.7 Å². The maximum Gasteiger partial charge on any atom is 0.253 e. The van der Waals surface area contributed by atoms with Crippen LogP contribution in [0.1, 0.15) is 52.9 Å². The van der Waals surface area contributed by atoms with Crippen molar-refractivity contribution in [3.05, 3.63) is 23.8 Å². The van der Waals surface area contributed by atoms with Crippen molar-refractivity contribution in [1.82, 2.24) is 19.6 Å². The fourth-order valence-electron chi connectivity index (χ4n) is 1.51. The predicted octanol–water partition coefficient (Wildman–Crippen LogP) is 2.72. The van der Waals surface area contributed by atoms with Gasteiger partial charge >= 0.3 is 0 Å². The second-order valence-electron chi connectivity index (χ2n) is 6.55. The zero-order valence-corrected chi connectivity index (χ0v) is 11.4. The van der Waals surface area contributed by atoms with Gasteiger partial charge in [-0.2, -0.15) is 0 Å². The molecule has 0 radical (unpaired) electrons. The number of hydrogen-bond donors (Lipinski definition) is 0. The normalized spacial score (nSPS) is 13.3. The largest absolute Gasteiger partial charge is 0.288 e. The van der Waals surface area contributed by atoms with Crippen molar-refractivity contribution >= 4 is 5.78 Å². The number of aromatic nitrogens is 4. The Bertz CT molecular complexity index is 529. The smallest absolute Gasteiger partial charge is 0.253 e. The van der Waals surface area contributed by atoms with Crippen LogP contribution in [-0.2, 0) is 10.8 Å². The molecule has 0 aliphatic heterocycles. The Morgan fingerprint density at radius 3 is 1.88 bits per heavy atom. The van der Waals surface area contributed by atoms with Crippen molar-refractivity contribution in [3.8, 4) is 0 Å². The van der Waals surface area contributed by atoms with Gasteiger partial charge in [0, 0.05) is 23.2 Å². The first-order chi connectivity index (χ1) is 7.68. The summed E-state index contributed by atoms with van der Waals surface area (Å²) in [4.78, 5) is 4.50. The standard InChI is InChI=1S/C13H20N4/c1-12(2,3)9-7-17-8-10(13(4,5)6)15-16-11(17)14-9/h7-8H,1-6H3. The van der Waals surface area contributed by atoms with Gasteiger partial charge in [-0.05, 0) is 0 Å². The maximum absolute atomic E-state index is 4.50. The molecule has 0 saturated heterocycles. The van der Waals surface area contributed by atoms with Crippen LogP contribution in [0, 0.1) is 0 Å². The molecule has 0 bridgehead atoms. The van der Waals surface area contributed by atoms with Crippen LogP contribution in [0.25, 0.3) is 5.78 Å². The molecule has 2 rings (SSSR count). The molecule has 0 aliphatic carbocycles. The molecule has 0 spiro atoms. The topological polar surface area (TPSA) is 43.1 Å². The molecule has 0 amide bonds. The second kappa shape index (κ2) is 3.52. The lowest BCUT2D eigenvalue weighted by Gasteiger charge is -2.16. The predicted molar refractivity (Wildman–Crippen MR) is 68.2 cm³/mol. The van der Waals surface area contributed by atoms with Crippen molar-refractivity contribution in [2.75, 3.05) is 0 Å². The van der Waals surface area contributed by atoms with E-state index < -0.39 is 0 Å². The average Bonchev–Trinajstić information content (AvgIpc) is 2.57. The maximum atomic E-state index is 4.50. The molecule has 2 heterocycles. The summed E-state index contributed by atoms with van der Waals surface area (Å²) in [5, 5.41) is 8.42. The Morgan fingerprint density at radius 2 is 1.35 bits per heavy atom. The van der Waals surface area contributed by atoms with E-state index in [4.69, 9.17) is 0 Å². The highest BCUT2D eigenvalue weighted by Crippen LogP contribution is 2.23. The van der Waals surface area contributed by atoms with E-state index in [0.717, 1.165) is 11.4 Å². The van der Waals surface area contributed by atoms with Crippen LogP contribution >= 0.6 is 0 Å². The third-order valence-electron chi connectivity index (χ3n) is 2.76. The summed E-state index contributed by atoms with van der Waals surface area (Å²) in [6.45, 7) is 12.8. The van der Waals surface area contributed by atoms with Gasteiger partial charge in [0.15, 0.2) is 0 Å². The van der Waals surface area contributed by atoms with Gasteiger partial charge in [-0.1, -0.05) is 41.5 Å². The monoisotopic (exact) mass is 232 g/mol. The molecule has 0 unspecified atom stereocenters. The quantitative estimate of drug-likeness (QED) is 0.701. The van der Waals surface area contributed by atoms with Gasteiger partial charge in [0.05, 0.1) is 11.4 Å². The van der Waals surface area contributed by atoms with E-state index in [1.54, 1.807) is 0 Å². The van der Waals surface area contributed by atoms with Crippen molar-refractivity contribution in [2.45, 2.75) is 52.4 Å². The van der Waals surface area contributed by atoms with Crippen molar-refractivity contribution in [1.29, 1.82) is 0 Å². The van der Waals surface area contributed by atoms with E-state index in [-0.39, 0.29) is 10.8 Å². The lowest BCUT2D eigenvalue weighted by atomic mass is 9.93. The van der Waals surface area contributed by atoms with E-state index >= 15 is 0 Å². The molecule has 0 saturated carbocycles. The fraction of sp³-hybridized carbons (Fsp3) is 0.615. The minimum atomic E-state index is 0.00730. The number of rotatable bonds is 0. The molecule has 4 nitrogen and oxygen atoms in total.